The van der Waals surface area contributed by atoms with Gasteiger partial charge in [0.2, 0.25) is 0 Å². The number of aliphatic hydroxyl groups is 1. The van der Waals surface area contributed by atoms with E-state index in [2.05, 4.69) is 52.0 Å². The van der Waals surface area contributed by atoms with Crippen molar-refractivity contribution < 1.29 is 5.11 Å². The Kier molecular flexibility index (Phi) is 4.34. The Morgan fingerprint density at radius 2 is 2.10 bits per heavy atom. The lowest BCUT2D eigenvalue weighted by molar-refractivity contribution is 0.146. The molecule has 0 radical (unpaired) electrons. The fourth-order valence-electron chi connectivity index (χ4n) is 2.74. The van der Waals surface area contributed by atoms with E-state index in [1.165, 1.54) is 5.56 Å². The molecule has 1 aliphatic heterocycles. The van der Waals surface area contributed by atoms with E-state index in [1.807, 2.05) is 6.20 Å². The van der Waals surface area contributed by atoms with Crippen LogP contribution in [0.25, 0.3) is 11.3 Å². The van der Waals surface area contributed by atoms with Crippen molar-refractivity contribution in [2.24, 2.45) is 5.92 Å². The number of nitrogens with one attached hydrogen (secondary N) is 3. The average Bonchev–Trinajstić information content (AvgIpc) is 3.10. The maximum atomic E-state index is 9.78. The van der Waals surface area contributed by atoms with E-state index >= 15 is 0 Å². The normalized spacial score (nSPS) is 21.8. The van der Waals surface area contributed by atoms with Crippen molar-refractivity contribution in [3.8, 4) is 11.3 Å². The summed E-state index contributed by atoms with van der Waals surface area (Å²) in [6.07, 6.45) is 1.63. The molecule has 0 spiro atoms. The van der Waals surface area contributed by atoms with Gasteiger partial charge in [0.15, 0.2) is 0 Å². The van der Waals surface area contributed by atoms with Gasteiger partial charge in [0, 0.05) is 37.7 Å². The number of benzene rings is 1. The summed E-state index contributed by atoms with van der Waals surface area (Å²) in [6.45, 7) is 5.23. The summed E-state index contributed by atoms with van der Waals surface area (Å²) in [5.41, 5.74) is 4.62. The molecule has 5 nitrogen and oxygen atoms in total. The number of aromatic amines is 1. The zero-order valence-electron chi connectivity index (χ0n) is 12.3. The van der Waals surface area contributed by atoms with Crippen molar-refractivity contribution in [2.75, 3.05) is 19.6 Å². The van der Waals surface area contributed by atoms with E-state index < -0.39 is 0 Å². The van der Waals surface area contributed by atoms with Crippen molar-refractivity contribution in [2.45, 2.75) is 19.6 Å². The number of aromatic nitrogens is 2. The molecule has 1 saturated heterocycles. The summed E-state index contributed by atoms with van der Waals surface area (Å²) in [4.78, 5) is 0. The number of nitrogens with zero attached hydrogens (tertiary/aromatic N) is 1. The predicted octanol–water partition coefficient (Wildman–Crippen LogP) is 1.06. The molecule has 1 fully saturated rings. The van der Waals surface area contributed by atoms with Gasteiger partial charge in [-0.15, -0.1) is 0 Å². The van der Waals surface area contributed by atoms with Gasteiger partial charge in [0.05, 0.1) is 18.0 Å². The first kappa shape index (κ1) is 14.3. The van der Waals surface area contributed by atoms with Crippen molar-refractivity contribution in [3.63, 3.8) is 0 Å². The van der Waals surface area contributed by atoms with Crippen LogP contribution in [0, 0.1) is 12.8 Å². The lowest BCUT2D eigenvalue weighted by Crippen LogP contribution is -2.30. The van der Waals surface area contributed by atoms with Crippen LogP contribution in [0.5, 0.6) is 0 Å². The lowest BCUT2D eigenvalue weighted by Gasteiger charge is -2.14. The average molecular weight is 286 g/mol. The number of hydrogen-bond donors (Lipinski definition) is 4. The lowest BCUT2D eigenvalue weighted by atomic mass is 10.1. The van der Waals surface area contributed by atoms with Gasteiger partial charge in [-0.05, 0) is 12.5 Å². The number of hydrogen-bond acceptors (Lipinski definition) is 4. The first-order valence-corrected chi connectivity index (χ1v) is 7.43. The van der Waals surface area contributed by atoms with Gasteiger partial charge < -0.3 is 15.7 Å². The van der Waals surface area contributed by atoms with Crippen LogP contribution in [-0.4, -0.2) is 41.0 Å². The summed E-state index contributed by atoms with van der Waals surface area (Å²) < 4.78 is 0. The monoisotopic (exact) mass is 286 g/mol. The first-order valence-electron chi connectivity index (χ1n) is 7.43. The molecular formula is C16H22N4O. The van der Waals surface area contributed by atoms with Gasteiger partial charge in [0.1, 0.15) is 0 Å². The summed E-state index contributed by atoms with van der Waals surface area (Å²) in [7, 11) is 0. The number of H-pyrrole nitrogens is 1. The van der Waals surface area contributed by atoms with E-state index in [0.717, 1.165) is 36.5 Å². The molecule has 2 unspecified atom stereocenters. The molecular weight excluding hydrogens is 264 g/mol. The highest BCUT2D eigenvalue weighted by atomic mass is 16.3. The van der Waals surface area contributed by atoms with Gasteiger partial charge in [-0.25, -0.2) is 0 Å². The van der Waals surface area contributed by atoms with Crippen molar-refractivity contribution in [1.82, 2.24) is 20.8 Å². The van der Waals surface area contributed by atoms with Gasteiger partial charge in [0.25, 0.3) is 0 Å². The summed E-state index contributed by atoms with van der Waals surface area (Å²) >= 11 is 0. The molecule has 112 valence electrons. The Bertz CT molecular complexity index is 578. The fraction of sp³-hybridized carbons (Fsp3) is 0.438. The molecule has 0 bridgehead atoms. The van der Waals surface area contributed by atoms with Gasteiger partial charge in [-0.2, -0.15) is 5.10 Å². The summed E-state index contributed by atoms with van der Waals surface area (Å²) in [5.74, 6) is 0.291. The van der Waals surface area contributed by atoms with E-state index in [-0.39, 0.29) is 6.10 Å². The Balaban J connectivity index is 1.61. The highest BCUT2D eigenvalue weighted by Gasteiger charge is 2.24. The van der Waals surface area contributed by atoms with Crippen LogP contribution in [0.3, 0.4) is 0 Å². The number of aryl methyl sites for hydroxylation is 1. The molecule has 0 amide bonds. The third-order valence-electron chi connectivity index (χ3n) is 4.08. The molecule has 4 N–H and O–H groups in total. The predicted molar refractivity (Wildman–Crippen MR) is 82.8 cm³/mol. The molecule has 5 heteroatoms. The molecule has 1 aromatic heterocycles. The van der Waals surface area contributed by atoms with Crippen molar-refractivity contribution in [1.29, 1.82) is 0 Å². The van der Waals surface area contributed by atoms with Crippen LogP contribution in [0.4, 0.5) is 0 Å². The molecule has 2 atom stereocenters. The largest absolute Gasteiger partial charge is 0.391 e. The molecule has 0 saturated carbocycles. The van der Waals surface area contributed by atoms with Crippen molar-refractivity contribution in [3.05, 3.63) is 41.6 Å². The van der Waals surface area contributed by atoms with Crippen LogP contribution in [0.15, 0.2) is 30.5 Å². The van der Waals surface area contributed by atoms with Gasteiger partial charge in [-0.3, -0.25) is 5.10 Å². The van der Waals surface area contributed by atoms with Crippen molar-refractivity contribution >= 4 is 0 Å². The number of aliphatic hydroxyl groups excluding tert-OH is 1. The molecule has 2 heterocycles. The maximum Gasteiger partial charge on any atom is 0.0716 e. The minimum Gasteiger partial charge on any atom is -0.391 e. The standard InChI is InChI=1S/C16H22N4O/c1-11-2-4-12(5-3-11)16-14(9-19-20-16)8-17-6-13-7-18-10-15(13)21/h2-5,9,13,15,17-18,21H,6-8,10H2,1H3,(H,19,20). The second-order valence-corrected chi connectivity index (χ2v) is 5.75. The van der Waals surface area contributed by atoms with Gasteiger partial charge >= 0.3 is 0 Å². The number of β-amino-alcohol motifs (C(OH)–C–C–N with tert-alkyl or cyclic N) is 1. The Morgan fingerprint density at radius 3 is 2.81 bits per heavy atom. The molecule has 3 rings (SSSR count). The van der Waals surface area contributed by atoms with Crippen LogP contribution < -0.4 is 10.6 Å². The van der Waals surface area contributed by atoms with E-state index in [0.29, 0.717) is 12.5 Å². The zero-order chi connectivity index (χ0) is 14.7. The Morgan fingerprint density at radius 1 is 1.29 bits per heavy atom. The summed E-state index contributed by atoms with van der Waals surface area (Å²) in [5, 5.41) is 23.6. The van der Waals surface area contributed by atoms with Gasteiger partial charge in [-0.1, -0.05) is 29.8 Å². The molecule has 2 aromatic rings. The number of rotatable bonds is 5. The molecule has 21 heavy (non-hydrogen) atoms. The minimum absolute atomic E-state index is 0.238. The maximum absolute atomic E-state index is 9.78. The van der Waals surface area contributed by atoms with E-state index in [1.54, 1.807) is 0 Å². The molecule has 0 aliphatic carbocycles. The zero-order valence-corrected chi connectivity index (χ0v) is 12.3. The van der Waals surface area contributed by atoms with Crippen LogP contribution in [0.2, 0.25) is 0 Å². The molecule has 1 aliphatic rings. The van der Waals surface area contributed by atoms with Crippen LogP contribution >= 0.6 is 0 Å². The van der Waals surface area contributed by atoms with E-state index in [9.17, 15) is 5.11 Å². The van der Waals surface area contributed by atoms with E-state index in [4.69, 9.17) is 0 Å². The topological polar surface area (TPSA) is 73.0 Å². The minimum atomic E-state index is -0.238. The second kappa shape index (κ2) is 6.39. The second-order valence-electron chi connectivity index (χ2n) is 5.75. The van der Waals surface area contributed by atoms with Crippen LogP contribution in [0.1, 0.15) is 11.1 Å². The SMILES string of the molecule is Cc1ccc(-c2[nH]ncc2CNCC2CNCC2O)cc1. The Hall–Kier alpha value is -1.69. The highest BCUT2D eigenvalue weighted by Crippen LogP contribution is 2.21. The summed E-state index contributed by atoms with van der Waals surface area (Å²) in [6, 6.07) is 8.43. The Labute approximate surface area is 124 Å². The third kappa shape index (κ3) is 3.32. The third-order valence-corrected chi connectivity index (χ3v) is 4.08. The quantitative estimate of drug-likeness (QED) is 0.663. The smallest absolute Gasteiger partial charge is 0.0716 e. The van der Waals surface area contributed by atoms with Crippen LogP contribution in [-0.2, 0) is 6.54 Å². The molecule has 1 aromatic carbocycles. The highest BCUT2D eigenvalue weighted by molar-refractivity contribution is 5.62. The first-order chi connectivity index (χ1) is 10.2. The fourth-order valence-corrected chi connectivity index (χ4v) is 2.74.